The van der Waals surface area contributed by atoms with E-state index in [1.54, 1.807) is 18.4 Å². The van der Waals surface area contributed by atoms with Crippen molar-refractivity contribution < 1.29 is 18.7 Å². The van der Waals surface area contributed by atoms with Crippen LogP contribution in [0.1, 0.15) is 40.1 Å². The number of carbonyl (C=O) groups excluding carboxylic acids is 2. The number of hydrogen-bond donors (Lipinski definition) is 1. The van der Waals surface area contributed by atoms with Gasteiger partial charge in [0.25, 0.3) is 6.47 Å². The third-order valence-electron chi connectivity index (χ3n) is 3.48. The van der Waals surface area contributed by atoms with Crippen LogP contribution >= 0.6 is 0 Å². The zero-order valence-corrected chi connectivity index (χ0v) is 12.5. The molecule has 0 bridgehead atoms. The molecule has 1 heterocycles. The van der Waals surface area contributed by atoms with Gasteiger partial charge in [-0.1, -0.05) is 25.1 Å². The maximum Gasteiger partial charge on any atom is 0.293 e. The predicted octanol–water partition coefficient (Wildman–Crippen LogP) is 2.44. The number of Topliss-reactive ketones (excluding diaryl/α,β-unsaturated/α-hetero) is 1. The van der Waals surface area contributed by atoms with E-state index in [1.165, 1.54) is 0 Å². The van der Waals surface area contributed by atoms with Crippen molar-refractivity contribution in [2.75, 3.05) is 6.61 Å². The van der Waals surface area contributed by atoms with Crippen LogP contribution in [-0.4, -0.2) is 18.9 Å². The topological polar surface area (TPSA) is 82.5 Å². The summed E-state index contributed by atoms with van der Waals surface area (Å²) in [5.41, 5.74) is 8.03. The minimum Gasteiger partial charge on any atom is -0.469 e. The average molecular weight is 301 g/mol. The van der Waals surface area contributed by atoms with Gasteiger partial charge in [0.2, 0.25) is 0 Å². The molecule has 22 heavy (non-hydrogen) atoms. The van der Waals surface area contributed by atoms with Gasteiger partial charge in [-0.2, -0.15) is 0 Å². The number of nitrogens with two attached hydrogens (primary N) is 1. The van der Waals surface area contributed by atoms with E-state index in [0.717, 1.165) is 11.1 Å². The number of benzene rings is 1. The predicted molar refractivity (Wildman–Crippen MR) is 81.5 cm³/mol. The summed E-state index contributed by atoms with van der Waals surface area (Å²) in [6.45, 7) is 3.03. The Bertz CT molecular complexity index is 648. The van der Waals surface area contributed by atoms with Gasteiger partial charge in [-0.05, 0) is 23.3 Å². The molecule has 0 saturated carbocycles. The molecular formula is C17H19NO4. The molecule has 0 amide bonds. The van der Waals surface area contributed by atoms with Crippen LogP contribution in [0.5, 0.6) is 0 Å². The Morgan fingerprint density at radius 3 is 2.95 bits per heavy atom. The van der Waals surface area contributed by atoms with Crippen LogP contribution in [0.15, 0.2) is 41.0 Å². The number of rotatable bonds is 8. The van der Waals surface area contributed by atoms with Crippen LogP contribution in [0.4, 0.5) is 0 Å². The fourth-order valence-electron chi connectivity index (χ4n) is 2.16. The second kappa shape index (κ2) is 7.56. The first kappa shape index (κ1) is 16.0. The van der Waals surface area contributed by atoms with Gasteiger partial charge in [-0.3, -0.25) is 9.59 Å². The fourth-order valence-corrected chi connectivity index (χ4v) is 2.16. The molecule has 116 valence electrons. The monoisotopic (exact) mass is 301 g/mol. The molecule has 2 aromatic rings. The van der Waals surface area contributed by atoms with E-state index in [-0.39, 0.29) is 24.7 Å². The summed E-state index contributed by atoms with van der Waals surface area (Å²) >= 11 is 0. The number of carbonyl (C=O) groups is 2. The van der Waals surface area contributed by atoms with Gasteiger partial charge in [0.1, 0.15) is 5.76 Å². The summed E-state index contributed by atoms with van der Waals surface area (Å²) in [6.07, 6.45) is 1.78. The smallest absolute Gasteiger partial charge is 0.293 e. The molecular weight excluding hydrogens is 282 g/mol. The summed E-state index contributed by atoms with van der Waals surface area (Å²) in [6, 6.07) is 9.10. The molecule has 0 aliphatic rings. The van der Waals surface area contributed by atoms with E-state index in [1.807, 2.05) is 25.1 Å². The third kappa shape index (κ3) is 4.05. The highest BCUT2D eigenvalue weighted by Crippen LogP contribution is 2.20. The van der Waals surface area contributed by atoms with Crippen molar-refractivity contribution in [1.29, 1.82) is 0 Å². The summed E-state index contributed by atoms with van der Waals surface area (Å²) in [4.78, 5) is 22.5. The van der Waals surface area contributed by atoms with E-state index in [2.05, 4.69) is 0 Å². The number of ketones is 1. The van der Waals surface area contributed by atoms with E-state index in [9.17, 15) is 9.59 Å². The summed E-state index contributed by atoms with van der Waals surface area (Å²) < 4.78 is 10.2. The first-order valence-electron chi connectivity index (χ1n) is 7.08. The van der Waals surface area contributed by atoms with Crippen LogP contribution in [0.3, 0.4) is 0 Å². The summed E-state index contributed by atoms with van der Waals surface area (Å²) in [5.74, 6) is 0.600. The molecule has 0 spiro atoms. The van der Waals surface area contributed by atoms with Crippen LogP contribution in [-0.2, 0) is 22.5 Å². The van der Waals surface area contributed by atoms with Crippen molar-refractivity contribution in [2.45, 2.75) is 25.8 Å². The van der Waals surface area contributed by atoms with Crippen LogP contribution in [0.25, 0.3) is 0 Å². The van der Waals surface area contributed by atoms with Crippen molar-refractivity contribution in [3.63, 3.8) is 0 Å². The first-order valence-corrected chi connectivity index (χ1v) is 7.08. The Hall–Kier alpha value is -2.40. The van der Waals surface area contributed by atoms with Gasteiger partial charge in [-0.15, -0.1) is 0 Å². The lowest BCUT2D eigenvalue weighted by molar-refractivity contribution is -0.129. The molecule has 1 atom stereocenters. The van der Waals surface area contributed by atoms with Gasteiger partial charge in [0.15, 0.2) is 5.78 Å². The molecule has 1 unspecified atom stereocenters. The maximum atomic E-state index is 12.3. The van der Waals surface area contributed by atoms with Gasteiger partial charge in [0, 0.05) is 18.0 Å². The Morgan fingerprint density at radius 2 is 2.23 bits per heavy atom. The van der Waals surface area contributed by atoms with E-state index in [4.69, 9.17) is 14.9 Å². The zero-order valence-electron chi connectivity index (χ0n) is 12.5. The van der Waals surface area contributed by atoms with Crippen molar-refractivity contribution in [3.05, 3.63) is 59.0 Å². The normalized spacial score (nSPS) is 11.9. The molecule has 5 heteroatoms. The van der Waals surface area contributed by atoms with E-state index < -0.39 is 0 Å². The summed E-state index contributed by atoms with van der Waals surface area (Å²) in [7, 11) is 0. The summed E-state index contributed by atoms with van der Waals surface area (Å²) in [5, 5.41) is 0. The highest BCUT2D eigenvalue weighted by Gasteiger charge is 2.14. The first-order chi connectivity index (χ1) is 10.6. The third-order valence-corrected chi connectivity index (χ3v) is 3.48. The second-order valence-corrected chi connectivity index (χ2v) is 5.18. The molecule has 1 aromatic heterocycles. The lowest BCUT2D eigenvalue weighted by Gasteiger charge is -2.05. The minimum atomic E-state index is -0.0204. The Balaban J connectivity index is 2.02. The standard InChI is InChI=1S/C17H19NO4/c1-12(9-21-11-19)15-6-16(22-10-15)7-17(20)14-4-2-3-13(5-14)8-18/h2-6,10-12H,7-9,18H2,1H3. The van der Waals surface area contributed by atoms with Crippen molar-refractivity contribution >= 4 is 12.3 Å². The van der Waals surface area contributed by atoms with Crippen LogP contribution in [0.2, 0.25) is 0 Å². The Morgan fingerprint density at radius 1 is 1.41 bits per heavy atom. The van der Waals surface area contributed by atoms with Crippen LogP contribution in [0, 0.1) is 0 Å². The van der Waals surface area contributed by atoms with Crippen molar-refractivity contribution in [1.82, 2.24) is 0 Å². The molecule has 2 rings (SSSR count). The molecule has 0 aliphatic heterocycles. The van der Waals surface area contributed by atoms with Gasteiger partial charge in [0.05, 0.1) is 19.3 Å². The number of furan rings is 1. The highest BCUT2D eigenvalue weighted by atomic mass is 16.5. The van der Waals surface area contributed by atoms with Crippen molar-refractivity contribution in [2.24, 2.45) is 5.73 Å². The molecule has 0 radical (unpaired) electrons. The molecule has 0 fully saturated rings. The Labute approximate surface area is 129 Å². The van der Waals surface area contributed by atoms with Gasteiger partial charge in [-0.25, -0.2) is 0 Å². The number of hydrogen-bond acceptors (Lipinski definition) is 5. The lowest BCUT2D eigenvalue weighted by Crippen LogP contribution is -2.05. The van der Waals surface area contributed by atoms with Gasteiger partial charge >= 0.3 is 0 Å². The molecule has 2 N–H and O–H groups in total. The highest BCUT2D eigenvalue weighted by molar-refractivity contribution is 5.97. The molecule has 0 saturated heterocycles. The minimum absolute atomic E-state index is 0.0204. The zero-order chi connectivity index (χ0) is 15.9. The van der Waals surface area contributed by atoms with E-state index >= 15 is 0 Å². The van der Waals surface area contributed by atoms with Gasteiger partial charge < -0.3 is 14.9 Å². The number of ether oxygens (including phenoxy) is 1. The SMILES string of the molecule is CC(COC=O)c1coc(CC(=O)c2cccc(CN)c2)c1. The molecule has 1 aromatic carbocycles. The quantitative estimate of drug-likeness (QED) is 0.598. The second-order valence-electron chi connectivity index (χ2n) is 5.18. The lowest BCUT2D eigenvalue weighted by atomic mass is 10.0. The average Bonchev–Trinajstić information content (AvgIpc) is 3.01. The van der Waals surface area contributed by atoms with E-state index in [0.29, 0.717) is 24.3 Å². The largest absolute Gasteiger partial charge is 0.469 e. The molecule has 0 aliphatic carbocycles. The maximum absolute atomic E-state index is 12.3. The fraction of sp³-hybridized carbons (Fsp3) is 0.294. The van der Waals surface area contributed by atoms with Crippen molar-refractivity contribution in [3.8, 4) is 0 Å². The van der Waals surface area contributed by atoms with Crippen LogP contribution < -0.4 is 5.73 Å². The molecule has 5 nitrogen and oxygen atoms in total. The Kier molecular flexibility index (Phi) is 5.49.